The Morgan fingerprint density at radius 1 is 1.14 bits per heavy atom. The fraction of sp³-hybridized carbons (Fsp3) is 0.688. The highest BCUT2D eigenvalue weighted by molar-refractivity contribution is 7.94. The van der Waals surface area contributed by atoms with Crippen LogP contribution in [0, 0.1) is 5.92 Å². The van der Waals surface area contributed by atoms with Crippen molar-refractivity contribution in [2.24, 2.45) is 15.9 Å². The maximum atomic E-state index is 15.3. The third kappa shape index (κ3) is 7.19. The van der Waals surface area contributed by atoms with Crippen molar-refractivity contribution in [3.63, 3.8) is 0 Å². The van der Waals surface area contributed by atoms with Gasteiger partial charge in [-0.25, -0.2) is 12.8 Å². The second kappa shape index (κ2) is 13.5. The lowest BCUT2D eigenvalue weighted by molar-refractivity contribution is 0.134. The van der Waals surface area contributed by atoms with Crippen LogP contribution in [0.15, 0.2) is 49.0 Å². The first-order chi connectivity index (χ1) is 20.6. The predicted molar refractivity (Wildman–Crippen MR) is 167 cm³/mol. The van der Waals surface area contributed by atoms with Gasteiger partial charge in [0.2, 0.25) is 5.89 Å². The Kier molecular flexibility index (Phi) is 10.0. The quantitative estimate of drug-likeness (QED) is 0.366. The van der Waals surface area contributed by atoms with Gasteiger partial charge in [-0.2, -0.15) is 4.98 Å². The Morgan fingerprint density at radius 2 is 1.95 bits per heavy atom. The summed E-state index contributed by atoms with van der Waals surface area (Å²) in [4.78, 5) is 17.5. The van der Waals surface area contributed by atoms with E-state index in [4.69, 9.17) is 24.2 Å². The maximum Gasteiger partial charge on any atom is 0.229 e. The van der Waals surface area contributed by atoms with Crippen LogP contribution in [-0.2, 0) is 14.6 Å². The van der Waals surface area contributed by atoms with Crippen molar-refractivity contribution in [3.8, 4) is 0 Å². The SMILES string of the molecule is CCC1=CCN=C(N(C2CCCOCC2)C2CCC(c3nc(C(C)C)no3)C2)C(C)C1=NC1CC=C(S(C)(=O)=O)C=C1F. The molecule has 0 aromatic carbocycles. The van der Waals surface area contributed by atoms with Gasteiger partial charge in [-0.05, 0) is 69.9 Å². The van der Waals surface area contributed by atoms with Gasteiger partial charge in [-0.3, -0.25) is 9.98 Å². The zero-order chi connectivity index (χ0) is 30.7. The molecule has 0 amide bonds. The first-order valence-corrected chi connectivity index (χ1v) is 17.7. The van der Waals surface area contributed by atoms with E-state index in [0.717, 1.165) is 92.7 Å². The molecule has 5 unspecified atom stereocenters. The Hall–Kier alpha value is -2.66. The Balaban J connectivity index is 1.46. The van der Waals surface area contributed by atoms with E-state index in [1.807, 2.05) is 0 Å². The minimum Gasteiger partial charge on any atom is -0.381 e. The second-order valence-electron chi connectivity index (χ2n) is 12.6. The minimum atomic E-state index is -3.49. The van der Waals surface area contributed by atoms with Crippen LogP contribution in [0.5, 0.6) is 0 Å². The summed E-state index contributed by atoms with van der Waals surface area (Å²) in [6.07, 6.45) is 12.7. The van der Waals surface area contributed by atoms with Crippen molar-refractivity contribution in [3.05, 3.63) is 46.2 Å². The van der Waals surface area contributed by atoms with E-state index in [1.165, 1.54) is 0 Å². The van der Waals surface area contributed by atoms with Crippen LogP contribution < -0.4 is 0 Å². The molecule has 2 aliphatic carbocycles. The summed E-state index contributed by atoms with van der Waals surface area (Å²) in [7, 11) is -3.49. The van der Waals surface area contributed by atoms with Crippen LogP contribution >= 0.6 is 0 Å². The van der Waals surface area contributed by atoms with Gasteiger partial charge >= 0.3 is 0 Å². The van der Waals surface area contributed by atoms with E-state index in [0.29, 0.717) is 13.2 Å². The summed E-state index contributed by atoms with van der Waals surface area (Å²) in [6, 6.07) is -0.224. The van der Waals surface area contributed by atoms with Crippen LogP contribution in [0.3, 0.4) is 0 Å². The summed E-state index contributed by atoms with van der Waals surface area (Å²) >= 11 is 0. The molecule has 1 saturated heterocycles. The van der Waals surface area contributed by atoms with E-state index in [-0.39, 0.29) is 41.2 Å². The summed E-state index contributed by atoms with van der Waals surface area (Å²) in [5, 5.41) is 4.22. The van der Waals surface area contributed by atoms with Gasteiger partial charge in [0.1, 0.15) is 17.7 Å². The number of halogens is 1. The van der Waals surface area contributed by atoms with Gasteiger partial charge in [0, 0.05) is 49.1 Å². The standard InChI is InChI=1S/C32H46FN5O4S/c1-6-22-13-15-34-31(21(4)29(22)35-28-12-11-26(19-27(28)33)43(5,39)40)38(24-8-7-16-41-17-14-24)25-10-9-23(18-25)32-36-30(20(2)3)37-42-32/h11,13,19-21,23-25,28H,6-10,12,14-18H2,1-5H3. The highest BCUT2D eigenvalue weighted by atomic mass is 32.2. The maximum absolute atomic E-state index is 15.3. The predicted octanol–water partition coefficient (Wildman–Crippen LogP) is 6.08. The molecule has 0 N–H and O–H groups in total. The molecule has 3 heterocycles. The highest BCUT2D eigenvalue weighted by Gasteiger charge is 2.40. The van der Waals surface area contributed by atoms with Crippen molar-refractivity contribution in [1.29, 1.82) is 0 Å². The van der Waals surface area contributed by atoms with E-state index in [2.05, 4.69) is 43.8 Å². The van der Waals surface area contributed by atoms with Crippen molar-refractivity contribution < 1.29 is 22.1 Å². The van der Waals surface area contributed by atoms with E-state index in [1.54, 1.807) is 6.08 Å². The molecule has 2 fully saturated rings. The average molecular weight is 616 g/mol. The number of nitrogens with zero attached hydrogens (tertiary/aromatic N) is 5. The molecule has 1 aromatic heterocycles. The molecular formula is C32H46FN5O4S. The molecule has 0 radical (unpaired) electrons. The number of sulfone groups is 1. The van der Waals surface area contributed by atoms with Crippen molar-refractivity contribution in [2.75, 3.05) is 26.0 Å². The topological polar surface area (TPSA) is 110 Å². The number of hydrogen-bond acceptors (Lipinski definition) is 9. The molecule has 11 heteroatoms. The van der Waals surface area contributed by atoms with Crippen molar-refractivity contribution in [1.82, 2.24) is 15.0 Å². The minimum absolute atomic E-state index is 0.0168. The van der Waals surface area contributed by atoms with Gasteiger partial charge in [0.05, 0.1) is 17.4 Å². The summed E-state index contributed by atoms with van der Waals surface area (Å²) in [5.74, 6) is 2.22. The molecule has 236 valence electrons. The summed E-state index contributed by atoms with van der Waals surface area (Å²) in [5.41, 5.74) is 1.91. The van der Waals surface area contributed by atoms with Gasteiger partial charge in [0.25, 0.3) is 0 Å². The molecule has 5 rings (SSSR count). The number of amidine groups is 1. The van der Waals surface area contributed by atoms with Crippen LogP contribution in [0.2, 0.25) is 0 Å². The molecule has 43 heavy (non-hydrogen) atoms. The molecule has 1 saturated carbocycles. The molecule has 9 nitrogen and oxygen atoms in total. The number of aromatic nitrogens is 2. The number of hydrogen-bond donors (Lipinski definition) is 0. The third-order valence-electron chi connectivity index (χ3n) is 9.16. The highest BCUT2D eigenvalue weighted by Crippen LogP contribution is 2.40. The van der Waals surface area contributed by atoms with Gasteiger partial charge < -0.3 is 14.2 Å². The van der Waals surface area contributed by atoms with E-state index in [9.17, 15) is 8.42 Å². The molecule has 4 aliphatic rings. The van der Waals surface area contributed by atoms with Crippen LogP contribution in [0.1, 0.15) is 103 Å². The monoisotopic (exact) mass is 615 g/mol. The average Bonchev–Trinajstić information content (AvgIpc) is 3.54. The van der Waals surface area contributed by atoms with Gasteiger partial charge in [-0.1, -0.05) is 38.1 Å². The molecule has 0 bridgehead atoms. The lowest BCUT2D eigenvalue weighted by Crippen LogP contribution is -2.50. The fourth-order valence-electron chi connectivity index (χ4n) is 6.81. The zero-order valence-electron chi connectivity index (χ0n) is 26.1. The van der Waals surface area contributed by atoms with Gasteiger partial charge in [0.15, 0.2) is 15.7 Å². The number of rotatable bonds is 7. The first-order valence-electron chi connectivity index (χ1n) is 15.8. The Labute approximate surface area is 255 Å². The van der Waals surface area contributed by atoms with E-state index < -0.39 is 21.7 Å². The van der Waals surface area contributed by atoms with Crippen LogP contribution in [0.4, 0.5) is 4.39 Å². The Morgan fingerprint density at radius 3 is 2.65 bits per heavy atom. The number of ether oxygens (including phenoxy) is 1. The van der Waals surface area contributed by atoms with E-state index >= 15 is 4.39 Å². The lowest BCUT2D eigenvalue weighted by atomic mass is 9.92. The summed E-state index contributed by atoms with van der Waals surface area (Å²) in [6.45, 7) is 10.4. The largest absolute Gasteiger partial charge is 0.381 e. The fourth-order valence-corrected chi connectivity index (χ4v) is 7.53. The molecule has 2 aliphatic heterocycles. The van der Waals surface area contributed by atoms with Crippen LogP contribution in [0.25, 0.3) is 0 Å². The first kappa shape index (κ1) is 31.8. The van der Waals surface area contributed by atoms with Crippen molar-refractivity contribution in [2.45, 2.75) is 109 Å². The lowest BCUT2D eigenvalue weighted by Gasteiger charge is -2.41. The van der Waals surface area contributed by atoms with Gasteiger partial charge in [-0.15, -0.1) is 0 Å². The van der Waals surface area contributed by atoms with Crippen LogP contribution in [-0.4, -0.2) is 79.1 Å². The third-order valence-corrected chi connectivity index (χ3v) is 10.3. The molecule has 5 atom stereocenters. The smallest absolute Gasteiger partial charge is 0.229 e. The molecule has 0 spiro atoms. The molecule has 1 aromatic rings. The normalized spacial score (nSPS) is 29.9. The zero-order valence-corrected chi connectivity index (χ0v) is 26.9. The number of allylic oxidation sites excluding steroid dienone is 2. The Bertz CT molecular complexity index is 1420. The molecular weight excluding hydrogens is 569 g/mol. The van der Waals surface area contributed by atoms with Crippen molar-refractivity contribution >= 4 is 21.4 Å². The number of aliphatic imine (C=N–C) groups is 2. The summed E-state index contributed by atoms with van der Waals surface area (Å²) < 4.78 is 50.9. The second-order valence-corrected chi connectivity index (χ2v) is 14.6.